The van der Waals surface area contributed by atoms with Crippen LogP contribution in [0, 0.1) is 12.8 Å². The van der Waals surface area contributed by atoms with Crippen molar-refractivity contribution in [3.05, 3.63) is 51.3 Å². The Morgan fingerprint density at radius 3 is 2.81 bits per heavy atom. The van der Waals surface area contributed by atoms with Crippen molar-refractivity contribution in [1.82, 2.24) is 15.1 Å². The van der Waals surface area contributed by atoms with Crippen molar-refractivity contribution >= 4 is 41.6 Å². The first-order valence-corrected chi connectivity index (χ1v) is 8.76. The quantitative estimate of drug-likeness (QED) is 0.790. The van der Waals surface area contributed by atoms with Crippen LogP contribution < -0.4 is 5.32 Å². The molecule has 3 rings (SSSR count). The molecule has 1 aliphatic rings. The van der Waals surface area contributed by atoms with Gasteiger partial charge in [-0.2, -0.15) is 5.10 Å². The van der Waals surface area contributed by atoms with Gasteiger partial charge in [-0.05, 0) is 30.7 Å². The van der Waals surface area contributed by atoms with Gasteiger partial charge in [-0.15, -0.1) is 12.4 Å². The fraction of sp³-hybridized carbons (Fsp3) is 0.412. The van der Waals surface area contributed by atoms with Crippen LogP contribution in [0.3, 0.4) is 0 Å². The molecule has 0 spiro atoms. The summed E-state index contributed by atoms with van der Waals surface area (Å²) in [6.07, 6.45) is -0.179. The number of rotatable bonds is 4. The molecule has 142 valence electrons. The van der Waals surface area contributed by atoms with Crippen molar-refractivity contribution in [3.63, 3.8) is 0 Å². The standard InChI is InChI=1S/C17H19Cl2N3O3.ClH/c1-10-6-15(17(23)24)21-22(10)9-12-8-20-4-5-25-16(12)11-2-3-13(18)14(19)7-11;/h2-3,6-7,12,16,20H,4-5,8-9H2,1H3,(H,23,24);1H/t12-,16-;/m0./s1. The minimum absolute atomic E-state index is 0. The lowest BCUT2D eigenvalue weighted by Crippen LogP contribution is -2.29. The first-order chi connectivity index (χ1) is 12.0. The van der Waals surface area contributed by atoms with E-state index in [-0.39, 0.29) is 30.1 Å². The van der Waals surface area contributed by atoms with E-state index in [0.29, 0.717) is 23.2 Å². The van der Waals surface area contributed by atoms with Crippen molar-refractivity contribution in [2.45, 2.75) is 19.6 Å². The van der Waals surface area contributed by atoms with Gasteiger partial charge in [0, 0.05) is 31.2 Å². The zero-order valence-electron chi connectivity index (χ0n) is 14.1. The summed E-state index contributed by atoms with van der Waals surface area (Å²) in [4.78, 5) is 11.1. The number of carboxylic acid groups (broad SMARTS) is 1. The third-order valence-corrected chi connectivity index (χ3v) is 5.03. The van der Waals surface area contributed by atoms with E-state index in [1.54, 1.807) is 16.8 Å². The zero-order valence-corrected chi connectivity index (χ0v) is 16.4. The van der Waals surface area contributed by atoms with Gasteiger partial charge >= 0.3 is 5.97 Å². The van der Waals surface area contributed by atoms with E-state index in [4.69, 9.17) is 33.0 Å². The predicted molar refractivity (Wildman–Crippen MR) is 103 cm³/mol. The monoisotopic (exact) mass is 419 g/mol. The van der Waals surface area contributed by atoms with Gasteiger partial charge in [0.05, 0.1) is 22.8 Å². The van der Waals surface area contributed by atoms with Crippen LogP contribution in [0.25, 0.3) is 0 Å². The van der Waals surface area contributed by atoms with Gasteiger partial charge in [0.25, 0.3) is 0 Å². The molecule has 0 saturated carbocycles. The number of aryl methyl sites for hydroxylation is 1. The van der Waals surface area contributed by atoms with E-state index in [9.17, 15) is 4.79 Å². The maximum absolute atomic E-state index is 11.1. The topological polar surface area (TPSA) is 76.4 Å². The average Bonchev–Trinajstić information content (AvgIpc) is 2.79. The largest absolute Gasteiger partial charge is 0.476 e. The number of carbonyl (C=O) groups is 1. The molecule has 0 bridgehead atoms. The Bertz CT molecular complexity index is 782. The van der Waals surface area contributed by atoms with Crippen LogP contribution in [0.2, 0.25) is 10.0 Å². The number of halogens is 3. The Labute approximate surface area is 167 Å². The number of carboxylic acids is 1. The average molecular weight is 421 g/mol. The Balaban J connectivity index is 0.00000243. The molecule has 9 heteroatoms. The number of ether oxygens (including phenoxy) is 1. The van der Waals surface area contributed by atoms with Crippen molar-refractivity contribution in [2.24, 2.45) is 5.92 Å². The smallest absolute Gasteiger partial charge is 0.356 e. The first-order valence-electron chi connectivity index (χ1n) is 8.00. The van der Waals surface area contributed by atoms with Gasteiger partial charge in [0.15, 0.2) is 5.69 Å². The fourth-order valence-electron chi connectivity index (χ4n) is 3.03. The molecule has 0 radical (unpaired) electrons. The number of benzene rings is 1. The molecule has 1 saturated heterocycles. The van der Waals surface area contributed by atoms with Gasteiger partial charge in [0.2, 0.25) is 0 Å². The lowest BCUT2D eigenvalue weighted by atomic mass is 9.95. The molecular weight excluding hydrogens is 401 g/mol. The van der Waals surface area contributed by atoms with Crippen molar-refractivity contribution < 1.29 is 14.6 Å². The zero-order chi connectivity index (χ0) is 18.0. The molecule has 0 unspecified atom stereocenters. The molecule has 1 aromatic heterocycles. The molecule has 2 heterocycles. The van der Waals surface area contributed by atoms with Crippen molar-refractivity contribution in [1.29, 1.82) is 0 Å². The Morgan fingerprint density at radius 2 is 2.15 bits per heavy atom. The highest BCUT2D eigenvalue weighted by Gasteiger charge is 2.28. The van der Waals surface area contributed by atoms with Gasteiger partial charge < -0.3 is 15.2 Å². The number of aromatic carboxylic acids is 1. The molecule has 26 heavy (non-hydrogen) atoms. The highest BCUT2D eigenvalue weighted by Crippen LogP contribution is 2.33. The van der Waals surface area contributed by atoms with Gasteiger partial charge in [-0.25, -0.2) is 4.79 Å². The fourth-order valence-corrected chi connectivity index (χ4v) is 3.33. The molecule has 2 N–H and O–H groups in total. The maximum atomic E-state index is 11.1. The minimum Gasteiger partial charge on any atom is -0.476 e. The third kappa shape index (κ3) is 4.69. The molecule has 1 aliphatic heterocycles. The maximum Gasteiger partial charge on any atom is 0.356 e. The molecule has 1 aromatic carbocycles. The van der Waals surface area contributed by atoms with E-state index in [0.717, 1.165) is 24.3 Å². The van der Waals surface area contributed by atoms with Crippen molar-refractivity contribution in [3.8, 4) is 0 Å². The summed E-state index contributed by atoms with van der Waals surface area (Å²) in [5, 5.41) is 17.6. The molecule has 0 amide bonds. The number of hydrogen-bond donors (Lipinski definition) is 2. The molecule has 1 fully saturated rings. The summed E-state index contributed by atoms with van der Waals surface area (Å²) in [5.74, 6) is -0.960. The number of hydrogen-bond acceptors (Lipinski definition) is 4. The summed E-state index contributed by atoms with van der Waals surface area (Å²) in [6, 6.07) is 7.07. The van der Waals surface area contributed by atoms with E-state index < -0.39 is 5.97 Å². The highest BCUT2D eigenvalue weighted by molar-refractivity contribution is 6.42. The van der Waals surface area contributed by atoms with Crippen LogP contribution in [0.5, 0.6) is 0 Å². The molecule has 6 nitrogen and oxygen atoms in total. The summed E-state index contributed by atoms with van der Waals surface area (Å²) in [7, 11) is 0. The van der Waals surface area contributed by atoms with Gasteiger partial charge in [-0.1, -0.05) is 29.3 Å². The van der Waals surface area contributed by atoms with Crippen LogP contribution in [0.4, 0.5) is 0 Å². The van der Waals surface area contributed by atoms with E-state index >= 15 is 0 Å². The SMILES string of the molecule is Cc1cc(C(=O)O)nn1C[C@@H]1CNCCO[C@H]1c1ccc(Cl)c(Cl)c1.Cl. The van der Waals surface area contributed by atoms with Crippen molar-refractivity contribution in [2.75, 3.05) is 19.7 Å². The minimum atomic E-state index is -1.03. The lowest BCUT2D eigenvalue weighted by Gasteiger charge is -2.26. The number of nitrogens with one attached hydrogen (secondary N) is 1. The van der Waals surface area contributed by atoms with Crippen LogP contribution in [-0.2, 0) is 11.3 Å². The third-order valence-electron chi connectivity index (χ3n) is 4.29. The number of aromatic nitrogens is 2. The molecule has 2 aromatic rings. The molecule has 2 atom stereocenters. The van der Waals surface area contributed by atoms with Gasteiger partial charge in [-0.3, -0.25) is 4.68 Å². The van der Waals surface area contributed by atoms with E-state index in [1.807, 2.05) is 19.1 Å². The van der Waals surface area contributed by atoms with Crippen LogP contribution in [0.15, 0.2) is 24.3 Å². The Kier molecular flexibility index (Phi) is 7.32. The summed E-state index contributed by atoms with van der Waals surface area (Å²) in [5.41, 5.74) is 1.80. The van der Waals surface area contributed by atoms with E-state index in [1.165, 1.54) is 0 Å². The number of nitrogens with zero attached hydrogens (tertiary/aromatic N) is 2. The highest BCUT2D eigenvalue weighted by atomic mass is 35.5. The lowest BCUT2D eigenvalue weighted by molar-refractivity contribution is 0.0240. The second-order valence-corrected chi connectivity index (χ2v) is 6.90. The summed E-state index contributed by atoms with van der Waals surface area (Å²) >= 11 is 12.2. The second kappa shape index (κ2) is 9.06. The Morgan fingerprint density at radius 1 is 1.38 bits per heavy atom. The first kappa shape index (κ1) is 21.0. The molecular formula is C17H20Cl3N3O3. The van der Waals surface area contributed by atoms with Crippen LogP contribution >= 0.6 is 35.6 Å². The van der Waals surface area contributed by atoms with Crippen LogP contribution in [-0.4, -0.2) is 40.6 Å². The second-order valence-electron chi connectivity index (χ2n) is 6.09. The normalized spacial score (nSPS) is 20.3. The van der Waals surface area contributed by atoms with Gasteiger partial charge in [0.1, 0.15) is 0 Å². The summed E-state index contributed by atoms with van der Waals surface area (Å²) < 4.78 is 7.76. The predicted octanol–water partition coefficient (Wildman–Crippen LogP) is 3.60. The Hall–Kier alpha value is -1.31. The van der Waals surface area contributed by atoms with Crippen LogP contribution in [0.1, 0.15) is 27.8 Å². The van der Waals surface area contributed by atoms with E-state index in [2.05, 4.69) is 10.4 Å². The molecule has 0 aliphatic carbocycles. The summed E-state index contributed by atoms with van der Waals surface area (Å²) in [6.45, 7) is 4.45.